The second-order valence-corrected chi connectivity index (χ2v) is 19.2. The molecule has 2 aliphatic carbocycles. The molecule has 1 saturated heterocycles. The Labute approximate surface area is 431 Å². The molecule has 2 nitrogen and oxygen atoms in total. The van der Waals surface area contributed by atoms with E-state index in [0.29, 0.717) is 17.9 Å². The van der Waals surface area contributed by atoms with Crippen LogP contribution in [0.15, 0.2) is 110 Å². The van der Waals surface area contributed by atoms with Crippen LogP contribution in [-0.4, -0.2) is 28.7 Å². The minimum absolute atomic E-state index is 0.264. The molecular formula is C66H125NO. The van der Waals surface area contributed by atoms with Gasteiger partial charge in [0.2, 0.25) is 0 Å². The maximum absolute atomic E-state index is 9.25. The molecule has 400 valence electrons. The van der Waals surface area contributed by atoms with Crippen LogP contribution in [0.4, 0.5) is 0 Å². The van der Waals surface area contributed by atoms with Crippen LogP contribution in [0.3, 0.4) is 0 Å². The van der Waals surface area contributed by atoms with Gasteiger partial charge in [-0.05, 0) is 151 Å². The monoisotopic (exact) mass is 948 g/mol. The van der Waals surface area contributed by atoms with Crippen molar-refractivity contribution in [1.29, 1.82) is 0 Å². The largest absolute Gasteiger partial charge is 0.389 e. The molecule has 3 rings (SSSR count). The molecule has 0 aromatic carbocycles. The van der Waals surface area contributed by atoms with E-state index in [1.54, 1.807) is 12.5 Å². The van der Waals surface area contributed by atoms with Crippen LogP contribution < -0.4 is 0 Å². The molecule has 0 aromatic rings. The van der Waals surface area contributed by atoms with Crippen molar-refractivity contribution in [3.63, 3.8) is 0 Å². The van der Waals surface area contributed by atoms with Gasteiger partial charge in [-0.3, -0.25) is 0 Å². The number of aliphatic hydroxyl groups excluding tert-OH is 1. The summed E-state index contributed by atoms with van der Waals surface area (Å²) < 4.78 is 0. The van der Waals surface area contributed by atoms with E-state index in [2.05, 4.69) is 124 Å². The Bertz CT molecular complexity index is 1260. The summed E-state index contributed by atoms with van der Waals surface area (Å²) >= 11 is 0. The molecule has 0 aromatic heterocycles. The number of hydrogen-bond acceptors (Lipinski definition) is 2. The van der Waals surface area contributed by atoms with E-state index in [-0.39, 0.29) is 6.10 Å². The predicted octanol–water partition coefficient (Wildman–Crippen LogP) is 22.2. The Hall–Kier alpha value is -2.58. The molecule has 1 heterocycles. The van der Waals surface area contributed by atoms with Gasteiger partial charge in [-0.2, -0.15) is 0 Å². The van der Waals surface area contributed by atoms with Gasteiger partial charge in [0.1, 0.15) is 0 Å². The highest BCUT2D eigenvalue weighted by molar-refractivity contribution is 5.29. The molecule has 3 fully saturated rings. The Morgan fingerprint density at radius 2 is 1.35 bits per heavy atom. The Kier molecular flexibility index (Phi) is 60.5. The molecule has 3 aliphatic rings. The van der Waals surface area contributed by atoms with Crippen LogP contribution in [0.5, 0.6) is 0 Å². The van der Waals surface area contributed by atoms with Crippen molar-refractivity contribution in [1.82, 2.24) is 4.90 Å². The van der Waals surface area contributed by atoms with Crippen molar-refractivity contribution in [2.45, 2.75) is 271 Å². The standard InChI is InChI=1S/C32H51N.C13H26.C9H16O.C3H8.C3H6.3C2H6/c1-8-25(2)16-12-10-9-11-13-17-26(3)19-21-31-22-20-27(4)32(24-31)29(6)30(7)33-23-15-14-18-28(33)5;1-3-5-6-8-13-10-7-9-12(4-2)11-13;1-4-6-7-8(3)9(10)5-2;2*1-3-2;3*1-2/h8-11,13,17,25,27-28,31-32H,1,6-7,12,14-16,18-24H2,2-5H3;12-13H,3-11H2,1-2H3;4,7,9-10H,1,5-6H2,2-3H3;3H2,1-2H3;3H,1H2,2H3;3*1-2H3/b10-9+,13-11+,26-17+;;8-7+;;;;;. The maximum atomic E-state index is 9.25. The fraction of sp³-hybridized carbons (Fsp3) is 0.727. The van der Waals surface area contributed by atoms with Gasteiger partial charge in [0.05, 0.1) is 6.10 Å². The van der Waals surface area contributed by atoms with Gasteiger partial charge in [-0.25, -0.2) is 0 Å². The topological polar surface area (TPSA) is 23.5 Å². The van der Waals surface area contributed by atoms with E-state index in [9.17, 15) is 5.11 Å². The molecule has 0 amide bonds. The van der Waals surface area contributed by atoms with Crippen LogP contribution in [0, 0.1) is 35.5 Å². The molecule has 2 saturated carbocycles. The molecule has 68 heavy (non-hydrogen) atoms. The first kappa shape index (κ1) is 74.4. The van der Waals surface area contributed by atoms with Crippen LogP contribution in [0.2, 0.25) is 0 Å². The summed E-state index contributed by atoms with van der Waals surface area (Å²) in [6.45, 7) is 57.0. The molecule has 1 N–H and O–H groups in total. The Morgan fingerprint density at radius 1 is 0.750 bits per heavy atom. The fourth-order valence-corrected chi connectivity index (χ4v) is 8.95. The van der Waals surface area contributed by atoms with Gasteiger partial charge in [-0.15, -0.1) is 19.7 Å². The zero-order chi connectivity index (χ0) is 53.1. The number of allylic oxidation sites excluding steroid dienone is 11. The third kappa shape index (κ3) is 41.2. The fourth-order valence-electron chi connectivity index (χ4n) is 8.95. The first-order valence-corrected chi connectivity index (χ1v) is 29.0. The number of nitrogens with zero attached hydrogens (tertiary/aromatic N) is 1. The van der Waals surface area contributed by atoms with Crippen molar-refractivity contribution < 1.29 is 5.11 Å². The first-order chi connectivity index (χ1) is 32.7. The minimum Gasteiger partial charge on any atom is -0.389 e. The van der Waals surface area contributed by atoms with Gasteiger partial charge in [-0.1, -0.05) is 228 Å². The molecule has 8 unspecified atom stereocenters. The van der Waals surface area contributed by atoms with Gasteiger partial charge < -0.3 is 10.0 Å². The molecule has 0 radical (unpaired) electrons. The van der Waals surface area contributed by atoms with Crippen LogP contribution in [-0.2, 0) is 0 Å². The molecule has 0 spiro atoms. The van der Waals surface area contributed by atoms with E-state index >= 15 is 0 Å². The van der Waals surface area contributed by atoms with E-state index in [0.717, 1.165) is 55.1 Å². The van der Waals surface area contributed by atoms with E-state index in [1.165, 1.54) is 132 Å². The highest BCUT2D eigenvalue weighted by Gasteiger charge is 2.32. The summed E-state index contributed by atoms with van der Waals surface area (Å²) in [5, 5.41) is 9.25. The average Bonchev–Trinajstić information content (AvgIpc) is 3.37. The highest BCUT2D eigenvalue weighted by atomic mass is 16.3. The highest BCUT2D eigenvalue weighted by Crippen LogP contribution is 2.42. The van der Waals surface area contributed by atoms with E-state index < -0.39 is 0 Å². The van der Waals surface area contributed by atoms with Gasteiger partial charge >= 0.3 is 0 Å². The number of piperidine rings is 1. The number of aliphatic hydroxyl groups is 1. The van der Waals surface area contributed by atoms with E-state index in [1.807, 2.05) is 80.5 Å². The SMILES string of the molecule is C=CC.C=CC(C)CC/C=C/C=C/C=C(\C)CCC1CCC(C)C(C(=C)C(=C)N2CCCCC2C)C1.C=CC/C=C(\C)C(O)CC.CC.CC.CC.CCC.CCCCCC1CCCC(CC)C1. The summed E-state index contributed by atoms with van der Waals surface area (Å²) in [7, 11) is 0. The van der Waals surface area contributed by atoms with Crippen molar-refractivity contribution in [3.8, 4) is 0 Å². The summed E-state index contributed by atoms with van der Waals surface area (Å²) in [6, 6.07) is 0.615. The zero-order valence-electron chi connectivity index (χ0n) is 49.5. The van der Waals surface area contributed by atoms with Crippen LogP contribution in [0.25, 0.3) is 0 Å². The van der Waals surface area contributed by atoms with E-state index in [4.69, 9.17) is 0 Å². The lowest BCUT2D eigenvalue weighted by Gasteiger charge is -2.42. The summed E-state index contributed by atoms with van der Waals surface area (Å²) in [4.78, 5) is 2.54. The van der Waals surface area contributed by atoms with Crippen LogP contribution in [0.1, 0.15) is 259 Å². The molecule has 8 atom stereocenters. The number of likely N-dealkylation sites (tertiary alicyclic amines) is 1. The second-order valence-electron chi connectivity index (χ2n) is 19.2. The van der Waals surface area contributed by atoms with Gasteiger partial charge in [0, 0.05) is 18.3 Å². The lowest BCUT2D eigenvalue weighted by atomic mass is 9.70. The molecule has 2 heteroatoms. The number of rotatable bonds is 21. The van der Waals surface area contributed by atoms with Crippen molar-refractivity contribution in [2.75, 3.05) is 6.54 Å². The van der Waals surface area contributed by atoms with Gasteiger partial charge in [0.25, 0.3) is 0 Å². The van der Waals surface area contributed by atoms with Gasteiger partial charge in [0.15, 0.2) is 0 Å². The van der Waals surface area contributed by atoms with Crippen molar-refractivity contribution in [2.24, 2.45) is 35.5 Å². The maximum Gasteiger partial charge on any atom is 0.0744 e. The van der Waals surface area contributed by atoms with Crippen LogP contribution >= 0.6 is 0 Å². The predicted molar refractivity (Wildman–Crippen MR) is 319 cm³/mol. The third-order valence-electron chi connectivity index (χ3n) is 13.4. The normalized spacial score (nSPS) is 21.9. The number of hydrogen-bond donors (Lipinski definition) is 1. The Balaban J connectivity index is -0.000000309. The lowest BCUT2D eigenvalue weighted by molar-refractivity contribution is 0.186. The zero-order valence-corrected chi connectivity index (χ0v) is 49.5. The third-order valence-corrected chi connectivity index (χ3v) is 13.4. The average molecular weight is 949 g/mol. The molecule has 1 aliphatic heterocycles. The first-order valence-electron chi connectivity index (χ1n) is 29.0. The summed E-state index contributed by atoms with van der Waals surface area (Å²) in [5.41, 5.74) is 5.08. The smallest absolute Gasteiger partial charge is 0.0744 e. The number of unbranched alkanes of at least 4 members (excludes halogenated alkanes) is 2. The molecule has 0 bridgehead atoms. The minimum atomic E-state index is -0.264. The lowest BCUT2D eigenvalue weighted by Crippen LogP contribution is -2.38. The summed E-state index contributed by atoms with van der Waals surface area (Å²) in [6.07, 6.45) is 47.4. The van der Waals surface area contributed by atoms with Crippen molar-refractivity contribution in [3.05, 3.63) is 110 Å². The molecular weight excluding hydrogens is 823 g/mol. The van der Waals surface area contributed by atoms with Crippen molar-refractivity contribution >= 4 is 0 Å². The quantitative estimate of drug-likeness (QED) is 0.0704. The Morgan fingerprint density at radius 3 is 1.90 bits per heavy atom. The summed E-state index contributed by atoms with van der Waals surface area (Å²) in [5.74, 6) is 4.90. The second kappa shape index (κ2) is 55.3.